The van der Waals surface area contributed by atoms with Crippen molar-refractivity contribution in [2.24, 2.45) is 7.05 Å². The second-order valence-electron chi connectivity index (χ2n) is 8.71. The summed E-state index contributed by atoms with van der Waals surface area (Å²) in [5, 5.41) is 17.4. The van der Waals surface area contributed by atoms with E-state index < -0.39 is 6.10 Å². The van der Waals surface area contributed by atoms with Gasteiger partial charge in [-0.05, 0) is 30.0 Å². The maximum absolute atomic E-state index is 13.0. The fraction of sp³-hybridized carbons (Fsp3) is 0.400. The van der Waals surface area contributed by atoms with Crippen LogP contribution in [0.2, 0.25) is 0 Å². The molecule has 33 heavy (non-hydrogen) atoms. The minimum absolute atomic E-state index is 0.246. The summed E-state index contributed by atoms with van der Waals surface area (Å²) in [6, 6.07) is 9.79. The molecule has 2 aromatic heterocycles. The highest BCUT2D eigenvalue weighted by Gasteiger charge is 2.27. The van der Waals surface area contributed by atoms with Crippen molar-refractivity contribution in [3.63, 3.8) is 0 Å². The molecule has 0 bridgehead atoms. The van der Waals surface area contributed by atoms with Gasteiger partial charge in [0.15, 0.2) is 5.75 Å². The number of aliphatic hydroxyl groups excluding tert-OH is 1. The molecule has 3 aromatic rings. The maximum Gasteiger partial charge on any atom is 0.270 e. The van der Waals surface area contributed by atoms with Gasteiger partial charge in [-0.3, -0.25) is 9.48 Å². The Morgan fingerprint density at radius 3 is 2.70 bits per heavy atom. The first-order valence-electron chi connectivity index (χ1n) is 11.4. The molecule has 2 aliphatic rings. The minimum Gasteiger partial charge on any atom is -0.484 e. The van der Waals surface area contributed by atoms with Crippen molar-refractivity contribution >= 4 is 5.91 Å². The molecule has 172 valence electrons. The molecule has 3 heterocycles. The van der Waals surface area contributed by atoms with Gasteiger partial charge in [0.1, 0.15) is 18.9 Å². The average molecular weight is 449 g/mol. The van der Waals surface area contributed by atoms with Gasteiger partial charge in [0, 0.05) is 30.8 Å². The summed E-state index contributed by atoms with van der Waals surface area (Å²) in [6.45, 7) is 0.840. The smallest absolute Gasteiger partial charge is 0.270 e. The minimum atomic E-state index is -0.516. The molecule has 0 spiro atoms. The summed E-state index contributed by atoms with van der Waals surface area (Å²) >= 11 is 0. The largest absolute Gasteiger partial charge is 0.484 e. The second kappa shape index (κ2) is 9.23. The van der Waals surface area contributed by atoms with Crippen molar-refractivity contribution < 1.29 is 19.4 Å². The highest BCUT2D eigenvalue weighted by molar-refractivity contribution is 5.93. The molecule has 1 aromatic carbocycles. The molecule has 1 aliphatic carbocycles. The van der Waals surface area contributed by atoms with E-state index in [-0.39, 0.29) is 17.6 Å². The van der Waals surface area contributed by atoms with Crippen molar-refractivity contribution in [1.29, 1.82) is 0 Å². The van der Waals surface area contributed by atoms with E-state index in [4.69, 9.17) is 9.47 Å². The number of benzene rings is 1. The Morgan fingerprint density at radius 1 is 1.15 bits per heavy atom. The Kier molecular flexibility index (Phi) is 6.00. The van der Waals surface area contributed by atoms with E-state index in [9.17, 15) is 9.90 Å². The Hall–Kier alpha value is -3.39. The van der Waals surface area contributed by atoms with Crippen molar-refractivity contribution in [3.05, 3.63) is 59.5 Å². The van der Waals surface area contributed by atoms with Gasteiger partial charge in [0.2, 0.25) is 0 Å². The Morgan fingerprint density at radius 2 is 1.94 bits per heavy atom. The molecule has 2 N–H and O–H groups in total. The van der Waals surface area contributed by atoms with Crippen LogP contribution in [0.1, 0.15) is 47.3 Å². The number of aliphatic hydroxyl groups is 1. The number of carbonyl (C=O) groups is 1. The first-order valence-corrected chi connectivity index (χ1v) is 11.4. The highest BCUT2D eigenvalue weighted by atomic mass is 16.6. The van der Waals surface area contributed by atoms with Crippen molar-refractivity contribution in [2.75, 3.05) is 13.2 Å². The lowest BCUT2D eigenvalue weighted by atomic mass is 9.92. The van der Waals surface area contributed by atoms with Gasteiger partial charge in [-0.25, -0.2) is 4.98 Å². The molecular formula is C25H28N4O4. The number of fused-ring (bicyclic) bond motifs is 1. The summed E-state index contributed by atoms with van der Waals surface area (Å²) in [5.74, 6) is 0.637. The number of amides is 1. The zero-order valence-corrected chi connectivity index (χ0v) is 18.7. The first-order chi connectivity index (χ1) is 16.1. The molecular weight excluding hydrogens is 420 g/mol. The molecule has 0 radical (unpaired) electrons. The second-order valence-corrected chi connectivity index (χ2v) is 8.71. The zero-order valence-electron chi connectivity index (χ0n) is 18.7. The molecule has 1 saturated carbocycles. The summed E-state index contributed by atoms with van der Waals surface area (Å²) in [4.78, 5) is 17.4. The van der Waals surface area contributed by atoms with E-state index in [1.54, 1.807) is 10.7 Å². The molecule has 8 nitrogen and oxygen atoms in total. The van der Waals surface area contributed by atoms with Gasteiger partial charge < -0.3 is 19.9 Å². The van der Waals surface area contributed by atoms with Crippen LogP contribution in [0.5, 0.6) is 11.6 Å². The van der Waals surface area contributed by atoms with Gasteiger partial charge in [0.25, 0.3) is 11.8 Å². The topological polar surface area (TPSA) is 98.5 Å². The zero-order chi connectivity index (χ0) is 22.8. The van der Waals surface area contributed by atoms with Gasteiger partial charge in [-0.1, -0.05) is 37.1 Å². The molecule has 1 aliphatic heterocycles. The molecule has 1 fully saturated rings. The van der Waals surface area contributed by atoms with E-state index in [1.807, 2.05) is 19.4 Å². The number of rotatable bonds is 5. The van der Waals surface area contributed by atoms with Gasteiger partial charge in [-0.15, -0.1) is 0 Å². The predicted octanol–water partition coefficient (Wildman–Crippen LogP) is 2.88. The number of nitrogens with one attached hydrogen (secondary N) is 1. The van der Waals surface area contributed by atoms with Crippen LogP contribution in [-0.2, 0) is 13.5 Å². The summed E-state index contributed by atoms with van der Waals surface area (Å²) in [6.07, 6.45) is 7.34. The summed E-state index contributed by atoms with van der Waals surface area (Å²) < 4.78 is 13.3. The maximum atomic E-state index is 13.0. The van der Waals surface area contributed by atoms with Gasteiger partial charge >= 0.3 is 0 Å². The summed E-state index contributed by atoms with van der Waals surface area (Å²) in [5.41, 5.74) is 4.36. The number of hydrogen-bond acceptors (Lipinski definition) is 6. The third-order valence-corrected chi connectivity index (χ3v) is 6.25. The van der Waals surface area contributed by atoms with Crippen LogP contribution < -0.4 is 14.8 Å². The lowest BCUT2D eigenvalue weighted by Crippen LogP contribution is -2.45. The van der Waals surface area contributed by atoms with Crippen LogP contribution >= 0.6 is 0 Å². The van der Waals surface area contributed by atoms with Gasteiger partial charge in [0.05, 0.1) is 18.3 Å². The summed E-state index contributed by atoms with van der Waals surface area (Å²) in [7, 11) is 1.90. The van der Waals surface area contributed by atoms with Crippen LogP contribution in [0.25, 0.3) is 11.1 Å². The van der Waals surface area contributed by atoms with Crippen molar-refractivity contribution in [3.8, 4) is 22.8 Å². The fourth-order valence-electron chi connectivity index (χ4n) is 4.47. The monoisotopic (exact) mass is 448 g/mol. The quantitative estimate of drug-likeness (QED) is 0.623. The van der Waals surface area contributed by atoms with Crippen LogP contribution in [-0.4, -0.2) is 51.1 Å². The molecule has 5 rings (SSSR count). The predicted molar refractivity (Wildman–Crippen MR) is 122 cm³/mol. The third kappa shape index (κ3) is 4.71. The number of pyridine rings is 1. The number of ether oxygens (including phenoxy) is 2. The first kappa shape index (κ1) is 21.5. The van der Waals surface area contributed by atoms with E-state index in [0.29, 0.717) is 37.7 Å². The number of hydrogen-bond donors (Lipinski definition) is 2. The Bertz CT molecular complexity index is 1140. The van der Waals surface area contributed by atoms with E-state index in [0.717, 1.165) is 41.5 Å². The lowest BCUT2D eigenvalue weighted by molar-refractivity contribution is 0.0712. The lowest BCUT2D eigenvalue weighted by Gasteiger charge is -2.28. The standard InChI is InChI=1S/C25H28N4O4/c1-29-15-19(14-26-29)17-8-6-16(7-9-17)12-18-13-21(28-25-23(18)32-10-11-33-25)24(31)27-20-4-2-3-5-22(20)30/h6-9,13-15,20,22,30H,2-5,10-12H2,1H3,(H,27,31)/t20-,22-/m0/s1. The molecule has 0 unspecified atom stereocenters. The number of nitrogens with zero attached hydrogens (tertiary/aromatic N) is 3. The molecule has 0 saturated heterocycles. The molecule has 2 atom stereocenters. The van der Waals surface area contributed by atoms with Crippen LogP contribution in [0.15, 0.2) is 42.7 Å². The fourth-order valence-corrected chi connectivity index (χ4v) is 4.47. The SMILES string of the molecule is Cn1cc(-c2ccc(Cc3cc(C(=O)N[C@H]4CCCC[C@@H]4O)nc4c3OCCO4)cc2)cn1. The van der Waals surface area contributed by atoms with E-state index in [2.05, 4.69) is 39.7 Å². The highest BCUT2D eigenvalue weighted by Crippen LogP contribution is 2.34. The third-order valence-electron chi connectivity index (χ3n) is 6.25. The number of carbonyl (C=O) groups excluding carboxylic acids is 1. The van der Waals surface area contributed by atoms with Crippen molar-refractivity contribution in [1.82, 2.24) is 20.1 Å². The Balaban J connectivity index is 1.39. The van der Waals surface area contributed by atoms with Crippen LogP contribution in [0, 0.1) is 0 Å². The Labute approximate surface area is 192 Å². The molecule has 8 heteroatoms. The van der Waals surface area contributed by atoms with E-state index in [1.165, 1.54) is 0 Å². The van der Waals surface area contributed by atoms with Crippen molar-refractivity contribution in [2.45, 2.75) is 44.2 Å². The normalized spacial score (nSPS) is 19.8. The molecule has 1 amide bonds. The van der Waals surface area contributed by atoms with Gasteiger partial charge in [-0.2, -0.15) is 5.10 Å². The van der Waals surface area contributed by atoms with Crippen LogP contribution in [0.3, 0.4) is 0 Å². The van der Waals surface area contributed by atoms with E-state index >= 15 is 0 Å². The number of aromatic nitrogens is 3. The van der Waals surface area contributed by atoms with Crippen LogP contribution in [0.4, 0.5) is 0 Å². The average Bonchev–Trinajstić information content (AvgIpc) is 3.27. The number of aryl methyl sites for hydroxylation is 1.